The van der Waals surface area contributed by atoms with Gasteiger partial charge in [0.05, 0.1) is 0 Å². The van der Waals surface area contributed by atoms with Gasteiger partial charge in [0.2, 0.25) is 5.91 Å². The SMILES string of the molecule is [CH2-]C(=O)c1ccc(C(N)=O)cc1.[Y]. The summed E-state index contributed by atoms with van der Waals surface area (Å²) in [7, 11) is 0. The van der Waals surface area contributed by atoms with Crippen LogP contribution in [0, 0.1) is 6.92 Å². The molecule has 1 rings (SSSR count). The van der Waals surface area contributed by atoms with E-state index in [2.05, 4.69) is 6.92 Å². The van der Waals surface area contributed by atoms with Gasteiger partial charge in [-0.1, -0.05) is 12.1 Å². The summed E-state index contributed by atoms with van der Waals surface area (Å²) in [4.78, 5) is 21.3. The van der Waals surface area contributed by atoms with Gasteiger partial charge in [-0.2, -0.15) is 6.92 Å². The fraction of sp³-hybridized carbons (Fsp3) is 0. The van der Waals surface area contributed by atoms with Gasteiger partial charge in [0, 0.05) is 44.1 Å². The van der Waals surface area contributed by atoms with Crippen molar-refractivity contribution in [2.24, 2.45) is 5.73 Å². The zero-order chi connectivity index (χ0) is 9.14. The Morgan fingerprint density at radius 2 is 1.46 bits per heavy atom. The van der Waals surface area contributed by atoms with Crippen molar-refractivity contribution in [2.75, 3.05) is 0 Å². The Hall–Kier alpha value is -0.666. The molecule has 1 radical (unpaired) electrons. The maximum absolute atomic E-state index is 10.7. The number of ketones is 1. The molecule has 0 bridgehead atoms. The van der Waals surface area contributed by atoms with Gasteiger partial charge in [-0.25, -0.2) is 0 Å². The van der Waals surface area contributed by atoms with Gasteiger partial charge >= 0.3 is 0 Å². The van der Waals surface area contributed by atoms with E-state index in [1.54, 1.807) is 0 Å². The number of nitrogens with two attached hydrogens (primary N) is 1. The van der Waals surface area contributed by atoms with Crippen molar-refractivity contribution in [2.45, 2.75) is 0 Å². The van der Waals surface area contributed by atoms with Crippen LogP contribution in [0.25, 0.3) is 0 Å². The maximum Gasteiger partial charge on any atom is 0.248 e. The molecule has 13 heavy (non-hydrogen) atoms. The van der Waals surface area contributed by atoms with Crippen molar-refractivity contribution >= 4 is 11.7 Å². The van der Waals surface area contributed by atoms with Gasteiger partial charge in [-0.3, -0.25) is 4.79 Å². The molecule has 0 unspecified atom stereocenters. The third-order valence-corrected chi connectivity index (χ3v) is 1.49. The molecule has 0 aliphatic rings. The molecule has 0 aromatic heterocycles. The average molecular weight is 251 g/mol. The fourth-order valence-corrected chi connectivity index (χ4v) is 0.820. The Morgan fingerprint density at radius 1 is 1.08 bits per heavy atom. The van der Waals surface area contributed by atoms with E-state index in [0.717, 1.165) is 0 Å². The number of carbonyl (C=O) groups excluding carboxylic acids is 2. The number of rotatable bonds is 2. The van der Waals surface area contributed by atoms with Gasteiger partial charge < -0.3 is 10.5 Å². The second-order valence-electron chi connectivity index (χ2n) is 2.36. The largest absolute Gasteiger partial charge is 0.366 e. The molecule has 3 nitrogen and oxygen atoms in total. The van der Waals surface area contributed by atoms with Crippen LogP contribution in [-0.2, 0) is 32.7 Å². The molecule has 2 N–H and O–H groups in total. The Bertz CT molecular complexity index is 286. The normalized spacial score (nSPS) is 8.62. The number of amides is 1. The van der Waals surface area contributed by atoms with Crippen LogP contribution in [0.2, 0.25) is 0 Å². The van der Waals surface area contributed by atoms with Crippen LogP contribution in [0.15, 0.2) is 24.3 Å². The summed E-state index contributed by atoms with van der Waals surface area (Å²) in [5.41, 5.74) is 5.86. The van der Waals surface area contributed by atoms with E-state index in [1.165, 1.54) is 24.3 Å². The quantitative estimate of drug-likeness (QED) is 0.624. The molecule has 0 spiro atoms. The molecule has 0 atom stereocenters. The molecule has 0 aliphatic carbocycles. The minimum atomic E-state index is -0.502. The van der Waals surface area contributed by atoms with E-state index >= 15 is 0 Å². The first-order valence-electron chi connectivity index (χ1n) is 3.37. The van der Waals surface area contributed by atoms with Gasteiger partial charge in [0.15, 0.2) is 0 Å². The summed E-state index contributed by atoms with van der Waals surface area (Å²) in [6.45, 7) is 3.23. The Morgan fingerprint density at radius 3 is 1.77 bits per heavy atom. The van der Waals surface area contributed by atoms with E-state index in [0.29, 0.717) is 11.1 Å². The predicted octanol–water partition coefficient (Wildman–Crippen LogP) is 0.800. The van der Waals surface area contributed by atoms with Crippen molar-refractivity contribution in [3.63, 3.8) is 0 Å². The standard InChI is InChI=1S/C9H8NO2.Y/c1-6(11)7-2-4-8(5-3-7)9(10)12;/h2-5H,1H2,(H2,10,12);/q-1;. The molecular formula is C9H8NO2Y-. The van der Waals surface area contributed by atoms with Crippen LogP contribution in [0.5, 0.6) is 0 Å². The first kappa shape index (κ1) is 12.3. The Kier molecular flexibility index (Phi) is 4.88. The van der Waals surface area contributed by atoms with Crippen LogP contribution in [0.4, 0.5) is 0 Å². The molecule has 1 aromatic rings. The fourth-order valence-electron chi connectivity index (χ4n) is 0.820. The monoisotopic (exact) mass is 251 g/mol. The van der Waals surface area contributed by atoms with Crippen LogP contribution >= 0.6 is 0 Å². The van der Waals surface area contributed by atoms with Crippen molar-refractivity contribution in [1.29, 1.82) is 0 Å². The van der Waals surface area contributed by atoms with Crippen LogP contribution < -0.4 is 5.73 Å². The number of Topliss-reactive ketones (excluding diaryl/α,β-unsaturated/α-hetero) is 1. The summed E-state index contributed by atoms with van der Waals surface area (Å²) >= 11 is 0. The number of benzene rings is 1. The Balaban J connectivity index is 0.00000144. The molecule has 0 heterocycles. The molecule has 65 valence electrons. The third-order valence-electron chi connectivity index (χ3n) is 1.49. The van der Waals surface area contributed by atoms with E-state index < -0.39 is 5.91 Å². The summed E-state index contributed by atoms with van der Waals surface area (Å²) in [6, 6.07) is 6.05. The van der Waals surface area contributed by atoms with E-state index in [9.17, 15) is 9.59 Å². The Labute approximate surface area is 102 Å². The number of hydrogen-bond acceptors (Lipinski definition) is 2. The first-order chi connectivity index (χ1) is 5.61. The minimum Gasteiger partial charge on any atom is -0.366 e. The molecule has 0 saturated carbocycles. The van der Waals surface area contributed by atoms with E-state index in [-0.39, 0.29) is 38.5 Å². The van der Waals surface area contributed by atoms with Gasteiger partial charge in [0.1, 0.15) is 0 Å². The van der Waals surface area contributed by atoms with E-state index in [1.807, 2.05) is 0 Å². The molecule has 1 aromatic carbocycles. The van der Waals surface area contributed by atoms with Crippen LogP contribution in [0.1, 0.15) is 20.7 Å². The number of primary amides is 1. The molecule has 1 amide bonds. The molecular weight excluding hydrogens is 243 g/mol. The van der Waals surface area contributed by atoms with Gasteiger partial charge in [-0.05, 0) is 0 Å². The molecule has 4 heteroatoms. The zero-order valence-electron chi connectivity index (χ0n) is 6.99. The van der Waals surface area contributed by atoms with Crippen LogP contribution in [-0.4, -0.2) is 11.7 Å². The third kappa shape index (κ3) is 3.29. The number of hydrogen-bond donors (Lipinski definition) is 1. The molecule has 0 aliphatic heterocycles. The minimum absolute atomic E-state index is 0. The first-order valence-corrected chi connectivity index (χ1v) is 3.37. The van der Waals surface area contributed by atoms with Crippen LogP contribution in [0.3, 0.4) is 0 Å². The summed E-state index contributed by atoms with van der Waals surface area (Å²) < 4.78 is 0. The maximum atomic E-state index is 10.7. The summed E-state index contributed by atoms with van der Waals surface area (Å²) in [5.74, 6) is -0.774. The summed E-state index contributed by atoms with van der Waals surface area (Å²) in [5, 5.41) is 0. The van der Waals surface area contributed by atoms with E-state index in [4.69, 9.17) is 5.73 Å². The molecule has 0 fully saturated rings. The smallest absolute Gasteiger partial charge is 0.248 e. The van der Waals surface area contributed by atoms with Crippen molar-refractivity contribution < 1.29 is 42.3 Å². The zero-order valence-corrected chi connectivity index (χ0v) is 9.83. The van der Waals surface area contributed by atoms with Crippen molar-refractivity contribution in [3.8, 4) is 0 Å². The molecule has 0 saturated heterocycles. The summed E-state index contributed by atoms with van der Waals surface area (Å²) in [6.07, 6.45) is 0. The van der Waals surface area contributed by atoms with Gasteiger partial charge in [0.25, 0.3) is 0 Å². The second kappa shape index (κ2) is 5.15. The predicted molar refractivity (Wildman–Crippen MR) is 44.6 cm³/mol. The van der Waals surface area contributed by atoms with Gasteiger partial charge in [-0.15, -0.1) is 17.7 Å². The second-order valence-corrected chi connectivity index (χ2v) is 2.36. The van der Waals surface area contributed by atoms with Crippen molar-refractivity contribution in [3.05, 3.63) is 42.3 Å². The topological polar surface area (TPSA) is 60.2 Å². The number of carbonyl (C=O) groups is 2. The van der Waals surface area contributed by atoms with Crippen molar-refractivity contribution in [1.82, 2.24) is 0 Å². The average Bonchev–Trinajstić information content (AvgIpc) is 2.04.